The minimum Gasteiger partial charge on any atom is -0.354 e. The second kappa shape index (κ2) is 8.10. The minimum atomic E-state index is -0.246. The highest BCUT2D eigenvalue weighted by molar-refractivity contribution is 5.64. The van der Waals surface area contributed by atoms with Gasteiger partial charge < -0.3 is 9.88 Å². The van der Waals surface area contributed by atoms with Gasteiger partial charge >= 0.3 is 0 Å². The van der Waals surface area contributed by atoms with Gasteiger partial charge in [0.05, 0.1) is 5.69 Å². The third-order valence-electron chi connectivity index (χ3n) is 5.06. The van der Waals surface area contributed by atoms with Crippen LogP contribution in [0.1, 0.15) is 13.8 Å². The quantitative estimate of drug-likeness (QED) is 0.726. The van der Waals surface area contributed by atoms with Crippen molar-refractivity contribution in [2.45, 2.75) is 13.8 Å². The first-order valence-electron chi connectivity index (χ1n) is 9.83. The molecular weight excluding hydrogens is 353 g/mol. The molecule has 0 atom stereocenters. The molecule has 4 rings (SSSR count). The third kappa shape index (κ3) is 4.22. The summed E-state index contributed by atoms with van der Waals surface area (Å²) in [6, 6.07) is 10.5. The first kappa shape index (κ1) is 18.6. The van der Waals surface area contributed by atoms with Crippen LogP contribution in [-0.2, 0) is 0 Å². The maximum Gasteiger partial charge on any atom is 0.139 e. The molecule has 0 bridgehead atoms. The van der Waals surface area contributed by atoms with Gasteiger partial charge in [-0.3, -0.25) is 4.90 Å². The Bertz CT molecular complexity index is 893. The van der Waals surface area contributed by atoms with E-state index in [0.29, 0.717) is 5.92 Å². The Hall–Kier alpha value is -2.73. The van der Waals surface area contributed by atoms with Gasteiger partial charge in [0.15, 0.2) is 0 Å². The summed E-state index contributed by atoms with van der Waals surface area (Å²) in [5.41, 5.74) is 2.61. The molecule has 2 aromatic heterocycles. The van der Waals surface area contributed by atoms with E-state index in [-0.39, 0.29) is 5.82 Å². The number of anilines is 1. The van der Waals surface area contributed by atoms with Crippen LogP contribution >= 0.6 is 0 Å². The van der Waals surface area contributed by atoms with E-state index < -0.39 is 0 Å². The van der Waals surface area contributed by atoms with Gasteiger partial charge in [-0.15, -0.1) is 0 Å². The Balaban J connectivity index is 1.42. The summed E-state index contributed by atoms with van der Waals surface area (Å²) < 4.78 is 13.1. The molecule has 6 heteroatoms. The predicted molar refractivity (Wildman–Crippen MR) is 111 cm³/mol. The number of nitrogens with zero attached hydrogens (tertiary/aromatic N) is 4. The normalized spacial score (nSPS) is 15.4. The number of pyridine rings is 1. The molecule has 146 valence electrons. The van der Waals surface area contributed by atoms with Gasteiger partial charge in [0, 0.05) is 56.2 Å². The van der Waals surface area contributed by atoms with Crippen molar-refractivity contribution in [2.75, 3.05) is 37.6 Å². The van der Waals surface area contributed by atoms with Crippen molar-refractivity contribution in [2.24, 2.45) is 5.92 Å². The van der Waals surface area contributed by atoms with Crippen molar-refractivity contribution in [3.63, 3.8) is 0 Å². The fourth-order valence-corrected chi connectivity index (χ4v) is 3.63. The number of piperazine rings is 1. The van der Waals surface area contributed by atoms with Crippen LogP contribution in [-0.4, -0.2) is 52.6 Å². The maximum atomic E-state index is 13.1. The second-order valence-electron chi connectivity index (χ2n) is 7.73. The molecule has 5 nitrogen and oxygen atoms in total. The first-order chi connectivity index (χ1) is 13.6. The van der Waals surface area contributed by atoms with Gasteiger partial charge in [-0.1, -0.05) is 13.8 Å². The highest BCUT2D eigenvalue weighted by Gasteiger charge is 2.18. The standard InChI is InChI=1S/C22H26FN5/c1-16(2)15-27-9-11-28(12-10-27)21-8-5-18(13-24-21)22-25-14-20(26-22)17-3-6-19(23)7-4-17/h3-8,13-14,16H,9-12,15H2,1-2H3,(H,25,26). The van der Waals surface area contributed by atoms with Crippen molar-refractivity contribution in [1.82, 2.24) is 19.9 Å². The highest BCUT2D eigenvalue weighted by atomic mass is 19.1. The van der Waals surface area contributed by atoms with E-state index in [1.165, 1.54) is 12.1 Å². The number of hydrogen-bond donors (Lipinski definition) is 1. The van der Waals surface area contributed by atoms with E-state index in [1.807, 2.05) is 12.4 Å². The zero-order valence-electron chi connectivity index (χ0n) is 16.4. The number of H-pyrrole nitrogens is 1. The van der Waals surface area contributed by atoms with E-state index in [1.54, 1.807) is 12.1 Å². The monoisotopic (exact) mass is 379 g/mol. The van der Waals surface area contributed by atoms with E-state index >= 15 is 0 Å². The third-order valence-corrected chi connectivity index (χ3v) is 5.06. The summed E-state index contributed by atoms with van der Waals surface area (Å²) in [7, 11) is 0. The molecule has 1 saturated heterocycles. The lowest BCUT2D eigenvalue weighted by Crippen LogP contribution is -2.47. The molecule has 0 spiro atoms. The summed E-state index contributed by atoms with van der Waals surface area (Å²) in [4.78, 5) is 17.3. The summed E-state index contributed by atoms with van der Waals surface area (Å²) in [6.45, 7) is 9.88. The van der Waals surface area contributed by atoms with Gasteiger partial charge in [0.1, 0.15) is 17.5 Å². The smallest absolute Gasteiger partial charge is 0.139 e. The topological polar surface area (TPSA) is 48.0 Å². The number of rotatable bonds is 5. The summed E-state index contributed by atoms with van der Waals surface area (Å²) in [5.74, 6) is 2.24. The molecule has 3 heterocycles. The number of benzene rings is 1. The largest absolute Gasteiger partial charge is 0.354 e. The SMILES string of the molecule is CC(C)CN1CCN(c2ccc(-c3nc(-c4ccc(F)cc4)c[nH]3)cn2)CC1. The first-order valence-corrected chi connectivity index (χ1v) is 9.83. The molecule has 0 aliphatic carbocycles. The molecule has 0 radical (unpaired) electrons. The number of halogens is 1. The van der Waals surface area contributed by atoms with Gasteiger partial charge in [0.25, 0.3) is 0 Å². The number of aromatic nitrogens is 3. The molecule has 1 N–H and O–H groups in total. The van der Waals surface area contributed by atoms with Gasteiger partial charge in [0.2, 0.25) is 0 Å². The maximum absolute atomic E-state index is 13.1. The molecule has 0 saturated carbocycles. The minimum absolute atomic E-state index is 0.246. The number of imidazole rings is 1. The highest BCUT2D eigenvalue weighted by Crippen LogP contribution is 2.23. The van der Waals surface area contributed by atoms with Crippen molar-refractivity contribution in [1.29, 1.82) is 0 Å². The van der Waals surface area contributed by atoms with Gasteiger partial charge in [-0.2, -0.15) is 0 Å². The molecule has 1 aliphatic rings. The predicted octanol–water partition coefficient (Wildman–Crippen LogP) is 4.06. The van der Waals surface area contributed by atoms with Crippen LogP contribution in [0.5, 0.6) is 0 Å². The second-order valence-corrected chi connectivity index (χ2v) is 7.73. The molecule has 1 aromatic carbocycles. The Morgan fingerprint density at radius 2 is 1.71 bits per heavy atom. The van der Waals surface area contributed by atoms with E-state index in [0.717, 1.165) is 61.2 Å². The van der Waals surface area contributed by atoms with Crippen molar-refractivity contribution >= 4 is 5.82 Å². The Morgan fingerprint density at radius 3 is 2.36 bits per heavy atom. The summed E-state index contributed by atoms with van der Waals surface area (Å²) in [5, 5.41) is 0. The van der Waals surface area contributed by atoms with Crippen LogP contribution in [0.4, 0.5) is 10.2 Å². The Kier molecular flexibility index (Phi) is 5.39. The lowest BCUT2D eigenvalue weighted by atomic mass is 10.2. The van der Waals surface area contributed by atoms with Crippen LogP contribution in [0.2, 0.25) is 0 Å². The Labute approximate surface area is 165 Å². The lowest BCUT2D eigenvalue weighted by Gasteiger charge is -2.36. The van der Waals surface area contributed by atoms with Gasteiger partial charge in [-0.25, -0.2) is 14.4 Å². The van der Waals surface area contributed by atoms with Crippen molar-refractivity contribution < 1.29 is 4.39 Å². The number of nitrogens with one attached hydrogen (secondary N) is 1. The van der Waals surface area contributed by atoms with Crippen molar-refractivity contribution in [3.05, 3.63) is 54.6 Å². The molecule has 0 amide bonds. The zero-order valence-corrected chi connectivity index (χ0v) is 16.4. The van der Waals surface area contributed by atoms with Crippen LogP contribution in [0.25, 0.3) is 22.6 Å². The Morgan fingerprint density at radius 1 is 1.00 bits per heavy atom. The number of aromatic amines is 1. The van der Waals surface area contributed by atoms with Crippen LogP contribution in [0.15, 0.2) is 48.8 Å². The van der Waals surface area contributed by atoms with Crippen LogP contribution in [0.3, 0.4) is 0 Å². The van der Waals surface area contributed by atoms with E-state index in [4.69, 9.17) is 0 Å². The lowest BCUT2D eigenvalue weighted by molar-refractivity contribution is 0.231. The molecule has 1 aliphatic heterocycles. The number of hydrogen-bond acceptors (Lipinski definition) is 4. The van der Waals surface area contributed by atoms with Crippen molar-refractivity contribution in [3.8, 4) is 22.6 Å². The van der Waals surface area contributed by atoms with Gasteiger partial charge in [-0.05, 0) is 42.3 Å². The molecule has 28 heavy (non-hydrogen) atoms. The summed E-state index contributed by atoms with van der Waals surface area (Å²) in [6.07, 6.45) is 3.70. The van der Waals surface area contributed by atoms with Crippen LogP contribution < -0.4 is 4.90 Å². The zero-order chi connectivity index (χ0) is 19.5. The average Bonchev–Trinajstić information content (AvgIpc) is 3.19. The van der Waals surface area contributed by atoms with E-state index in [9.17, 15) is 4.39 Å². The molecular formula is C22H26FN5. The fourth-order valence-electron chi connectivity index (χ4n) is 3.63. The van der Waals surface area contributed by atoms with E-state index in [2.05, 4.69) is 50.7 Å². The summed E-state index contributed by atoms with van der Waals surface area (Å²) >= 11 is 0. The molecule has 3 aromatic rings. The fraction of sp³-hybridized carbons (Fsp3) is 0.364. The van der Waals surface area contributed by atoms with Crippen LogP contribution in [0, 0.1) is 11.7 Å². The molecule has 0 unspecified atom stereocenters. The molecule has 1 fully saturated rings. The average molecular weight is 379 g/mol.